The minimum Gasteiger partial charge on any atom is -0.491 e. The lowest BCUT2D eigenvalue weighted by molar-refractivity contribution is 0.242. The second kappa shape index (κ2) is 6.65. The molecular formula is C15H25NO. The Balaban J connectivity index is 2.54. The van der Waals surface area contributed by atoms with Crippen molar-refractivity contribution >= 4 is 0 Å². The molecule has 0 aliphatic heterocycles. The molecule has 0 aliphatic carbocycles. The summed E-state index contributed by atoms with van der Waals surface area (Å²) in [5, 5.41) is 3.52. The quantitative estimate of drug-likeness (QED) is 0.810. The smallest absolute Gasteiger partial charge is 0.119 e. The van der Waals surface area contributed by atoms with Gasteiger partial charge in [0.15, 0.2) is 0 Å². The average Bonchev–Trinajstić information content (AvgIpc) is 2.26. The van der Waals surface area contributed by atoms with Gasteiger partial charge in [0.1, 0.15) is 5.75 Å². The van der Waals surface area contributed by atoms with Gasteiger partial charge in [0.25, 0.3) is 0 Å². The summed E-state index contributed by atoms with van der Waals surface area (Å²) in [6.45, 7) is 11.8. The van der Waals surface area contributed by atoms with E-state index in [-0.39, 0.29) is 6.10 Å². The van der Waals surface area contributed by atoms with Crippen LogP contribution in [-0.4, -0.2) is 12.6 Å². The van der Waals surface area contributed by atoms with Gasteiger partial charge < -0.3 is 10.1 Å². The molecule has 0 aromatic heterocycles. The molecule has 0 amide bonds. The molecule has 2 heteroatoms. The van der Waals surface area contributed by atoms with Crippen molar-refractivity contribution in [1.29, 1.82) is 0 Å². The largest absolute Gasteiger partial charge is 0.491 e. The standard InChI is InChI=1S/C15H25NO/c1-11(2)10-16-13(5)14-6-8-15(9-7-14)17-12(3)4/h6-9,11-13,16H,10H2,1-5H3/t13-/m0/s1. The number of benzene rings is 1. The van der Waals surface area contributed by atoms with Gasteiger partial charge in [-0.05, 0) is 50.9 Å². The Morgan fingerprint density at radius 3 is 2.06 bits per heavy atom. The number of hydrogen-bond acceptors (Lipinski definition) is 2. The first kappa shape index (κ1) is 14.0. The fraction of sp³-hybridized carbons (Fsp3) is 0.600. The van der Waals surface area contributed by atoms with Crippen LogP contribution >= 0.6 is 0 Å². The third-order valence-corrected chi connectivity index (χ3v) is 2.58. The van der Waals surface area contributed by atoms with E-state index in [0.29, 0.717) is 12.0 Å². The lowest BCUT2D eigenvalue weighted by Crippen LogP contribution is -2.23. The third-order valence-electron chi connectivity index (χ3n) is 2.58. The molecule has 0 heterocycles. The molecule has 0 unspecified atom stereocenters. The summed E-state index contributed by atoms with van der Waals surface area (Å²) in [5.41, 5.74) is 1.31. The van der Waals surface area contributed by atoms with Gasteiger partial charge in [-0.3, -0.25) is 0 Å². The summed E-state index contributed by atoms with van der Waals surface area (Å²) in [4.78, 5) is 0. The van der Waals surface area contributed by atoms with Gasteiger partial charge >= 0.3 is 0 Å². The van der Waals surface area contributed by atoms with Gasteiger partial charge in [0.05, 0.1) is 6.10 Å². The Labute approximate surface area is 105 Å². The maximum atomic E-state index is 5.63. The van der Waals surface area contributed by atoms with Crippen molar-refractivity contribution in [3.05, 3.63) is 29.8 Å². The first-order valence-electron chi connectivity index (χ1n) is 6.49. The van der Waals surface area contributed by atoms with Crippen LogP contribution in [0, 0.1) is 5.92 Å². The van der Waals surface area contributed by atoms with E-state index in [0.717, 1.165) is 12.3 Å². The summed E-state index contributed by atoms with van der Waals surface area (Å²) in [6, 6.07) is 8.75. The number of nitrogens with one attached hydrogen (secondary N) is 1. The Morgan fingerprint density at radius 2 is 1.59 bits per heavy atom. The lowest BCUT2D eigenvalue weighted by Gasteiger charge is -2.17. The van der Waals surface area contributed by atoms with Crippen LogP contribution in [-0.2, 0) is 0 Å². The van der Waals surface area contributed by atoms with E-state index in [1.807, 2.05) is 26.0 Å². The van der Waals surface area contributed by atoms with E-state index in [9.17, 15) is 0 Å². The molecule has 1 atom stereocenters. The molecule has 96 valence electrons. The molecule has 0 bridgehead atoms. The van der Waals surface area contributed by atoms with E-state index in [4.69, 9.17) is 4.74 Å². The summed E-state index contributed by atoms with van der Waals surface area (Å²) >= 11 is 0. The van der Waals surface area contributed by atoms with E-state index in [1.54, 1.807) is 0 Å². The van der Waals surface area contributed by atoms with Crippen LogP contribution < -0.4 is 10.1 Å². The minimum atomic E-state index is 0.234. The van der Waals surface area contributed by atoms with Crippen LogP contribution in [0.4, 0.5) is 0 Å². The highest BCUT2D eigenvalue weighted by Crippen LogP contribution is 2.18. The molecule has 1 rings (SSSR count). The molecule has 0 aliphatic rings. The van der Waals surface area contributed by atoms with Crippen LogP contribution in [0.25, 0.3) is 0 Å². The monoisotopic (exact) mass is 235 g/mol. The van der Waals surface area contributed by atoms with Gasteiger partial charge in [-0.15, -0.1) is 0 Å². The van der Waals surface area contributed by atoms with Crippen LogP contribution in [0.5, 0.6) is 5.75 Å². The molecule has 0 saturated carbocycles. The van der Waals surface area contributed by atoms with Crippen molar-refractivity contribution in [3.63, 3.8) is 0 Å². The molecule has 17 heavy (non-hydrogen) atoms. The Morgan fingerprint density at radius 1 is 1.00 bits per heavy atom. The third kappa shape index (κ3) is 5.22. The highest BCUT2D eigenvalue weighted by molar-refractivity contribution is 5.29. The average molecular weight is 235 g/mol. The molecule has 0 fully saturated rings. The first-order chi connectivity index (χ1) is 7.99. The SMILES string of the molecule is CC(C)CN[C@@H](C)c1ccc(OC(C)C)cc1. The highest BCUT2D eigenvalue weighted by Gasteiger charge is 2.06. The van der Waals surface area contributed by atoms with Crippen molar-refractivity contribution < 1.29 is 4.74 Å². The van der Waals surface area contributed by atoms with Gasteiger partial charge in [-0.2, -0.15) is 0 Å². The zero-order chi connectivity index (χ0) is 12.8. The summed E-state index contributed by atoms with van der Waals surface area (Å²) in [7, 11) is 0. The van der Waals surface area contributed by atoms with Crippen molar-refractivity contribution in [3.8, 4) is 5.75 Å². The van der Waals surface area contributed by atoms with Crippen LogP contribution in [0.1, 0.15) is 46.2 Å². The summed E-state index contributed by atoms with van der Waals surface area (Å²) in [5.74, 6) is 1.63. The van der Waals surface area contributed by atoms with Crippen molar-refractivity contribution in [1.82, 2.24) is 5.32 Å². The van der Waals surface area contributed by atoms with E-state index >= 15 is 0 Å². The van der Waals surface area contributed by atoms with E-state index in [2.05, 4.69) is 38.2 Å². The molecule has 0 saturated heterocycles. The molecule has 0 radical (unpaired) electrons. The predicted molar refractivity (Wildman–Crippen MR) is 73.5 cm³/mol. The molecule has 2 nitrogen and oxygen atoms in total. The van der Waals surface area contributed by atoms with Gasteiger partial charge in [0.2, 0.25) is 0 Å². The van der Waals surface area contributed by atoms with Crippen molar-refractivity contribution in [2.24, 2.45) is 5.92 Å². The Bertz CT molecular complexity index is 316. The van der Waals surface area contributed by atoms with Crippen LogP contribution in [0.3, 0.4) is 0 Å². The summed E-state index contributed by atoms with van der Waals surface area (Å²) in [6.07, 6.45) is 0.234. The van der Waals surface area contributed by atoms with Crippen LogP contribution in [0.15, 0.2) is 24.3 Å². The van der Waals surface area contributed by atoms with Crippen molar-refractivity contribution in [2.75, 3.05) is 6.54 Å². The Hall–Kier alpha value is -1.02. The van der Waals surface area contributed by atoms with Gasteiger partial charge in [-0.1, -0.05) is 26.0 Å². The molecule has 0 spiro atoms. The van der Waals surface area contributed by atoms with Gasteiger partial charge in [-0.25, -0.2) is 0 Å². The lowest BCUT2D eigenvalue weighted by atomic mass is 10.1. The van der Waals surface area contributed by atoms with Crippen LogP contribution in [0.2, 0.25) is 0 Å². The minimum absolute atomic E-state index is 0.234. The fourth-order valence-electron chi connectivity index (χ4n) is 1.64. The fourth-order valence-corrected chi connectivity index (χ4v) is 1.64. The number of ether oxygens (including phenoxy) is 1. The van der Waals surface area contributed by atoms with Gasteiger partial charge in [0, 0.05) is 6.04 Å². The number of hydrogen-bond donors (Lipinski definition) is 1. The highest BCUT2D eigenvalue weighted by atomic mass is 16.5. The number of rotatable bonds is 6. The Kier molecular flexibility index (Phi) is 5.49. The molecule has 1 N–H and O–H groups in total. The second-order valence-electron chi connectivity index (χ2n) is 5.26. The zero-order valence-electron chi connectivity index (χ0n) is 11.7. The zero-order valence-corrected chi connectivity index (χ0v) is 11.7. The maximum absolute atomic E-state index is 5.63. The van der Waals surface area contributed by atoms with Crippen molar-refractivity contribution in [2.45, 2.75) is 46.8 Å². The first-order valence-corrected chi connectivity index (χ1v) is 6.49. The maximum Gasteiger partial charge on any atom is 0.119 e. The normalized spacial score (nSPS) is 13.1. The predicted octanol–water partition coefficient (Wildman–Crippen LogP) is 3.78. The molecule has 1 aromatic rings. The topological polar surface area (TPSA) is 21.3 Å². The molecule has 1 aromatic carbocycles. The van der Waals surface area contributed by atoms with E-state index < -0.39 is 0 Å². The van der Waals surface area contributed by atoms with E-state index in [1.165, 1.54) is 5.56 Å². The molecular weight excluding hydrogens is 210 g/mol. The second-order valence-corrected chi connectivity index (χ2v) is 5.26. The summed E-state index contributed by atoms with van der Waals surface area (Å²) < 4.78 is 5.63.